The molecule has 8 aromatic rings. The van der Waals surface area contributed by atoms with Gasteiger partial charge in [0.05, 0.1) is 22.8 Å². The lowest BCUT2D eigenvalue weighted by atomic mass is 9.83. The van der Waals surface area contributed by atoms with Gasteiger partial charge in [0.1, 0.15) is 34.1 Å². The molecule has 6 aromatic carbocycles. The second-order valence-electron chi connectivity index (χ2n) is 12.8. The number of hydrogen-bond acceptors (Lipinski definition) is 2. The molecule has 0 saturated carbocycles. The summed E-state index contributed by atoms with van der Waals surface area (Å²) in [4.78, 5) is 2.58. The van der Waals surface area contributed by atoms with E-state index in [9.17, 15) is 0 Å². The number of hydrogen-bond donors (Lipinski definition) is 0. The molecule has 5 nitrogen and oxygen atoms in total. The highest BCUT2D eigenvalue weighted by Gasteiger charge is 2.66. The first-order chi connectivity index (χ1) is 22.8. The average molecular weight is 590 g/mol. The van der Waals surface area contributed by atoms with E-state index in [-0.39, 0.29) is 0 Å². The summed E-state index contributed by atoms with van der Waals surface area (Å²) in [5.41, 5.74) is 7.78. The molecule has 46 heavy (non-hydrogen) atoms. The van der Waals surface area contributed by atoms with Crippen molar-refractivity contribution in [1.29, 1.82) is 0 Å². The van der Waals surface area contributed by atoms with E-state index in [1.807, 2.05) is 0 Å². The number of nitrogens with zero attached hydrogens (tertiary/aromatic N) is 4. The summed E-state index contributed by atoms with van der Waals surface area (Å²) in [5, 5.41) is 7.54. The van der Waals surface area contributed by atoms with Crippen LogP contribution in [0.15, 0.2) is 140 Å². The van der Waals surface area contributed by atoms with Gasteiger partial charge in [0.25, 0.3) is 0 Å². The van der Waals surface area contributed by atoms with Gasteiger partial charge < -0.3 is 4.74 Å². The van der Waals surface area contributed by atoms with Crippen molar-refractivity contribution in [3.05, 3.63) is 151 Å². The molecule has 0 N–H and O–H groups in total. The number of fused-ring (bicyclic) bond motifs is 9. The minimum Gasteiger partial charge on any atom is -0.456 e. The van der Waals surface area contributed by atoms with Crippen LogP contribution in [0.4, 0.5) is 0 Å². The van der Waals surface area contributed by atoms with Crippen LogP contribution in [0.2, 0.25) is 0 Å². The molecular weight excluding hydrogens is 564 g/mol. The molecule has 2 aromatic heterocycles. The number of aromatic nitrogens is 3. The quantitative estimate of drug-likeness (QED) is 0.141. The summed E-state index contributed by atoms with van der Waals surface area (Å²) in [6.07, 6.45) is 11.4. The summed E-state index contributed by atoms with van der Waals surface area (Å²) in [5.74, 6) is 3.01. The van der Waals surface area contributed by atoms with Gasteiger partial charge in [0.2, 0.25) is 6.20 Å². The van der Waals surface area contributed by atoms with Gasteiger partial charge in [-0.25, -0.2) is 0 Å². The lowest BCUT2D eigenvalue weighted by Gasteiger charge is -2.45. The summed E-state index contributed by atoms with van der Waals surface area (Å²) in [7, 11) is 0. The maximum Gasteiger partial charge on any atom is 0.332 e. The Morgan fingerprint density at radius 2 is 1.52 bits per heavy atom. The lowest BCUT2D eigenvalue weighted by molar-refractivity contribution is -0.817. The van der Waals surface area contributed by atoms with Gasteiger partial charge in [-0.2, -0.15) is 0 Å². The van der Waals surface area contributed by atoms with Gasteiger partial charge in [0.15, 0.2) is 0 Å². The molecule has 6 heterocycles. The minimum atomic E-state index is -0.629. The van der Waals surface area contributed by atoms with Crippen LogP contribution >= 0.6 is 0 Å². The van der Waals surface area contributed by atoms with E-state index in [1.165, 1.54) is 71.4 Å². The molecule has 5 heteroatoms. The highest BCUT2D eigenvalue weighted by atomic mass is 16.5. The van der Waals surface area contributed by atoms with Crippen LogP contribution in [0.3, 0.4) is 0 Å². The fourth-order valence-electron chi connectivity index (χ4n) is 8.92. The third-order valence-electron chi connectivity index (χ3n) is 10.7. The number of benzene rings is 6. The SMILES string of the molecule is C1=CCN2C(=C1)n1c3ccccc3c3ccc4c(c31)C21c2c(cccc2-n2cc(-c3cccc5cc6ccccc6cc35)c[n+]21)O4. The first-order valence-corrected chi connectivity index (χ1v) is 15.9. The Morgan fingerprint density at radius 1 is 0.696 bits per heavy atom. The largest absolute Gasteiger partial charge is 0.456 e. The molecule has 4 aliphatic rings. The fourth-order valence-corrected chi connectivity index (χ4v) is 8.92. The maximum atomic E-state index is 6.82. The molecule has 214 valence electrons. The highest BCUT2D eigenvalue weighted by Crippen LogP contribution is 2.59. The van der Waals surface area contributed by atoms with Crippen LogP contribution < -0.4 is 9.42 Å². The topological polar surface area (TPSA) is 26.2 Å². The Hall–Kier alpha value is -6.07. The lowest BCUT2D eigenvalue weighted by Crippen LogP contribution is -2.68. The van der Waals surface area contributed by atoms with Crippen LogP contribution in [-0.2, 0) is 5.66 Å². The van der Waals surface area contributed by atoms with E-state index >= 15 is 0 Å². The zero-order valence-corrected chi connectivity index (χ0v) is 24.7. The van der Waals surface area contributed by atoms with E-state index in [1.54, 1.807) is 0 Å². The molecule has 0 amide bonds. The molecule has 1 atom stereocenters. The predicted molar refractivity (Wildman–Crippen MR) is 182 cm³/mol. The van der Waals surface area contributed by atoms with E-state index in [2.05, 4.69) is 159 Å². The average Bonchev–Trinajstić information content (AvgIpc) is 3.77. The van der Waals surface area contributed by atoms with Crippen molar-refractivity contribution in [2.45, 2.75) is 5.66 Å². The highest BCUT2D eigenvalue weighted by molar-refractivity contribution is 6.13. The molecule has 12 rings (SSSR count). The van der Waals surface area contributed by atoms with E-state index < -0.39 is 5.66 Å². The molecule has 0 radical (unpaired) electrons. The summed E-state index contributed by atoms with van der Waals surface area (Å²) in [6, 6.07) is 39.7. The van der Waals surface area contributed by atoms with Crippen LogP contribution in [0, 0.1) is 0 Å². The second-order valence-corrected chi connectivity index (χ2v) is 12.8. The smallest absolute Gasteiger partial charge is 0.332 e. The minimum absolute atomic E-state index is 0.629. The maximum absolute atomic E-state index is 6.82. The van der Waals surface area contributed by atoms with Crippen molar-refractivity contribution >= 4 is 49.2 Å². The molecular formula is C41H25N4O+. The Morgan fingerprint density at radius 3 is 2.48 bits per heavy atom. The van der Waals surface area contributed by atoms with Crippen molar-refractivity contribution in [2.75, 3.05) is 6.54 Å². The first-order valence-electron chi connectivity index (χ1n) is 15.9. The molecule has 1 unspecified atom stereocenters. The van der Waals surface area contributed by atoms with Crippen LogP contribution in [-0.4, -0.2) is 20.7 Å². The van der Waals surface area contributed by atoms with Crippen LogP contribution in [0.5, 0.6) is 11.5 Å². The van der Waals surface area contributed by atoms with Gasteiger partial charge in [-0.1, -0.05) is 83.6 Å². The Balaban J connectivity index is 1.23. The Bertz CT molecular complexity index is 2780. The van der Waals surface area contributed by atoms with Crippen LogP contribution in [0.1, 0.15) is 11.1 Å². The molecule has 0 fully saturated rings. The molecule has 0 bridgehead atoms. The summed E-state index contributed by atoms with van der Waals surface area (Å²) in [6.45, 7) is 0.773. The Labute approximate surface area is 263 Å². The fraction of sp³-hybridized carbons (Fsp3) is 0.0488. The zero-order chi connectivity index (χ0) is 29.7. The summed E-state index contributed by atoms with van der Waals surface area (Å²) >= 11 is 0. The number of para-hydroxylation sites is 1. The molecule has 0 saturated heterocycles. The normalized spacial score (nSPS) is 18.2. The number of allylic oxidation sites excluding steroid dienone is 2. The van der Waals surface area contributed by atoms with E-state index in [0.29, 0.717) is 0 Å². The van der Waals surface area contributed by atoms with Gasteiger partial charge in [-0.05, 0) is 75.6 Å². The second kappa shape index (κ2) is 7.76. The van der Waals surface area contributed by atoms with Crippen molar-refractivity contribution in [1.82, 2.24) is 14.1 Å². The third kappa shape index (κ3) is 2.50. The first kappa shape index (κ1) is 23.3. The van der Waals surface area contributed by atoms with E-state index in [0.717, 1.165) is 23.7 Å². The monoisotopic (exact) mass is 589 g/mol. The van der Waals surface area contributed by atoms with Crippen molar-refractivity contribution in [2.24, 2.45) is 0 Å². The van der Waals surface area contributed by atoms with Gasteiger partial charge in [-0.15, -0.1) is 4.68 Å². The van der Waals surface area contributed by atoms with E-state index in [4.69, 9.17) is 4.74 Å². The van der Waals surface area contributed by atoms with Crippen LogP contribution in [0.25, 0.3) is 66.0 Å². The van der Waals surface area contributed by atoms with Crippen molar-refractivity contribution in [3.63, 3.8) is 0 Å². The standard InChI is InChI=1S/C41H25N4O/c1-2-10-26-22-32-27(21-25(26)9-1)11-7-13-29(32)28-23-43-34-15-8-16-35-38(34)41(44(43)24-28)39-36(46-35)19-18-31-30-12-3-4-14-33(30)45(40(31)39)37-17-5-6-20-42(37)41/h1-19,21-24H,20H2/q+1. The number of ether oxygens (including phenoxy) is 1. The number of rotatable bonds is 1. The summed E-state index contributed by atoms with van der Waals surface area (Å²) < 4.78 is 14.1. The molecule has 0 aliphatic carbocycles. The van der Waals surface area contributed by atoms with Gasteiger partial charge in [0, 0.05) is 17.3 Å². The molecule has 1 spiro atoms. The molecule has 4 aliphatic heterocycles. The Kier molecular flexibility index (Phi) is 3.94. The van der Waals surface area contributed by atoms with Gasteiger partial charge in [-0.3, -0.25) is 9.47 Å². The zero-order valence-electron chi connectivity index (χ0n) is 24.7. The van der Waals surface area contributed by atoms with Crippen molar-refractivity contribution in [3.8, 4) is 28.3 Å². The predicted octanol–water partition coefficient (Wildman–Crippen LogP) is 8.70. The van der Waals surface area contributed by atoms with Crippen molar-refractivity contribution < 1.29 is 9.42 Å². The van der Waals surface area contributed by atoms with Gasteiger partial charge >= 0.3 is 5.66 Å². The third-order valence-corrected chi connectivity index (χ3v) is 10.7.